The number of para-hydroxylation sites is 1. The molecule has 43 heavy (non-hydrogen) atoms. The van der Waals surface area contributed by atoms with Gasteiger partial charge in [-0.2, -0.15) is 0 Å². The third kappa shape index (κ3) is 6.13. The zero-order chi connectivity index (χ0) is 30.5. The van der Waals surface area contributed by atoms with Crippen molar-refractivity contribution in [2.45, 2.75) is 19.3 Å². The van der Waals surface area contributed by atoms with Gasteiger partial charge >= 0.3 is 5.97 Å². The normalized spacial score (nSPS) is 13.2. The van der Waals surface area contributed by atoms with Crippen LogP contribution in [0, 0.1) is 0 Å². The Balaban J connectivity index is 1.46. The van der Waals surface area contributed by atoms with Crippen LogP contribution in [0.3, 0.4) is 0 Å². The molecule has 4 aromatic rings. The molecule has 3 aromatic carbocycles. The van der Waals surface area contributed by atoms with Crippen LogP contribution in [-0.2, 0) is 16.0 Å². The molecule has 10 heteroatoms. The van der Waals surface area contributed by atoms with Crippen LogP contribution < -0.4 is 25.3 Å². The van der Waals surface area contributed by atoms with Crippen molar-refractivity contribution in [2.75, 3.05) is 33.3 Å². The highest BCUT2D eigenvalue weighted by Gasteiger charge is 2.27. The minimum absolute atomic E-state index is 0.317. The lowest BCUT2D eigenvalue weighted by molar-refractivity contribution is -0.119. The molecule has 1 aromatic heterocycles. The standard InChI is InChI=1S/C33H31N3O7/c1-40-26-16-19(17-27(41-2)31(26)42-3)15-21-7-6-9-24-29(23-8-4-5-10-25(23)36-30(21)24)33(39)43-18-28(37)35-22-13-11-20(12-14-22)32(34)38/h4-5,8,10-17H,6-7,9,18H2,1-3H3,(H2,34,38)(H,35,37)/b21-15-. The number of nitrogens with one attached hydrogen (secondary N) is 1. The molecule has 0 spiro atoms. The van der Waals surface area contributed by atoms with Gasteiger partial charge in [-0.1, -0.05) is 18.2 Å². The Hall–Kier alpha value is -5.38. The van der Waals surface area contributed by atoms with E-state index in [4.69, 9.17) is 29.7 Å². The molecule has 1 aliphatic carbocycles. The number of ether oxygens (including phenoxy) is 4. The third-order valence-corrected chi connectivity index (χ3v) is 7.19. The smallest absolute Gasteiger partial charge is 0.339 e. The highest BCUT2D eigenvalue weighted by Crippen LogP contribution is 2.41. The molecule has 1 heterocycles. The lowest BCUT2D eigenvalue weighted by Gasteiger charge is -2.22. The van der Waals surface area contributed by atoms with Crippen molar-refractivity contribution < 1.29 is 33.3 Å². The summed E-state index contributed by atoms with van der Waals surface area (Å²) in [6.07, 6.45) is 4.19. The summed E-state index contributed by atoms with van der Waals surface area (Å²) in [4.78, 5) is 42.4. The van der Waals surface area contributed by atoms with Gasteiger partial charge in [0.25, 0.3) is 5.91 Å². The molecule has 3 N–H and O–H groups in total. The van der Waals surface area contributed by atoms with E-state index in [-0.39, 0.29) is 0 Å². The molecule has 0 atom stereocenters. The average Bonchev–Trinajstić information content (AvgIpc) is 3.02. The van der Waals surface area contributed by atoms with E-state index in [0.29, 0.717) is 57.1 Å². The summed E-state index contributed by atoms with van der Waals surface area (Å²) in [6.45, 7) is -0.490. The number of carbonyl (C=O) groups excluding carboxylic acids is 3. The molecule has 220 valence electrons. The maximum atomic E-state index is 13.6. The third-order valence-electron chi connectivity index (χ3n) is 7.19. The second kappa shape index (κ2) is 12.6. The number of methoxy groups -OCH3 is 3. The summed E-state index contributed by atoms with van der Waals surface area (Å²) in [5.74, 6) is -0.137. The summed E-state index contributed by atoms with van der Waals surface area (Å²) in [6, 6.07) is 17.2. The van der Waals surface area contributed by atoms with Crippen LogP contribution in [-0.4, -0.2) is 50.7 Å². The van der Waals surface area contributed by atoms with Crippen molar-refractivity contribution in [3.63, 3.8) is 0 Å². The fourth-order valence-electron chi connectivity index (χ4n) is 5.21. The van der Waals surface area contributed by atoms with Crippen molar-refractivity contribution in [3.05, 3.63) is 88.6 Å². The van der Waals surface area contributed by atoms with Crippen LogP contribution in [0.25, 0.3) is 22.6 Å². The number of esters is 1. The van der Waals surface area contributed by atoms with Crippen LogP contribution in [0.15, 0.2) is 60.7 Å². The second-order valence-corrected chi connectivity index (χ2v) is 9.88. The Morgan fingerprint density at radius 3 is 2.28 bits per heavy atom. The van der Waals surface area contributed by atoms with Gasteiger partial charge < -0.3 is 30.0 Å². The van der Waals surface area contributed by atoms with Gasteiger partial charge in [0, 0.05) is 16.6 Å². The van der Waals surface area contributed by atoms with E-state index in [1.807, 2.05) is 42.5 Å². The molecular formula is C33H31N3O7. The van der Waals surface area contributed by atoms with Crippen LogP contribution in [0.1, 0.15) is 50.4 Å². The van der Waals surface area contributed by atoms with Crippen LogP contribution >= 0.6 is 0 Å². The number of allylic oxidation sites excluding steroid dienone is 1. The second-order valence-electron chi connectivity index (χ2n) is 9.88. The zero-order valence-corrected chi connectivity index (χ0v) is 24.1. The van der Waals surface area contributed by atoms with Gasteiger partial charge in [0.2, 0.25) is 11.7 Å². The highest BCUT2D eigenvalue weighted by atomic mass is 16.5. The summed E-state index contributed by atoms with van der Waals surface area (Å²) in [7, 11) is 4.68. The number of pyridine rings is 1. The lowest BCUT2D eigenvalue weighted by Crippen LogP contribution is -2.22. The SMILES string of the molecule is COc1cc(/C=C2/CCCc3c2nc2ccccc2c3C(=O)OCC(=O)Nc2ccc(C(N)=O)cc2)cc(OC)c1OC. The van der Waals surface area contributed by atoms with Gasteiger partial charge in [-0.05, 0) is 84.5 Å². The minimum Gasteiger partial charge on any atom is -0.493 e. The fourth-order valence-corrected chi connectivity index (χ4v) is 5.21. The molecule has 0 bridgehead atoms. The molecule has 0 saturated carbocycles. The monoisotopic (exact) mass is 581 g/mol. The summed E-state index contributed by atoms with van der Waals surface area (Å²) in [5, 5.41) is 3.31. The van der Waals surface area contributed by atoms with E-state index in [9.17, 15) is 14.4 Å². The number of amides is 2. The Bertz CT molecular complexity index is 1720. The van der Waals surface area contributed by atoms with E-state index in [1.165, 1.54) is 12.1 Å². The maximum absolute atomic E-state index is 13.6. The van der Waals surface area contributed by atoms with Gasteiger partial charge in [0.1, 0.15) is 0 Å². The number of primary amides is 1. The molecule has 0 aliphatic heterocycles. The topological polar surface area (TPSA) is 139 Å². The number of carbonyl (C=O) groups is 3. The number of aromatic nitrogens is 1. The number of benzene rings is 3. The summed E-state index contributed by atoms with van der Waals surface area (Å²) >= 11 is 0. The van der Waals surface area contributed by atoms with E-state index in [0.717, 1.165) is 29.5 Å². The number of fused-ring (bicyclic) bond motifs is 2. The summed E-state index contributed by atoms with van der Waals surface area (Å²) in [5.41, 5.74) is 10.3. The number of nitrogens with zero attached hydrogens (tertiary/aromatic N) is 1. The quantitative estimate of drug-likeness (QED) is 0.262. The van der Waals surface area contributed by atoms with E-state index in [2.05, 4.69) is 5.32 Å². The van der Waals surface area contributed by atoms with Crippen LogP contribution in [0.4, 0.5) is 5.69 Å². The van der Waals surface area contributed by atoms with Gasteiger partial charge in [-0.3, -0.25) is 9.59 Å². The lowest BCUT2D eigenvalue weighted by atomic mass is 9.86. The number of rotatable bonds is 9. The largest absolute Gasteiger partial charge is 0.493 e. The first-order chi connectivity index (χ1) is 20.8. The Morgan fingerprint density at radius 1 is 0.930 bits per heavy atom. The van der Waals surface area contributed by atoms with Crippen molar-refractivity contribution in [2.24, 2.45) is 5.73 Å². The van der Waals surface area contributed by atoms with Gasteiger partial charge in [-0.25, -0.2) is 9.78 Å². The number of anilines is 1. The van der Waals surface area contributed by atoms with Gasteiger partial charge in [0.15, 0.2) is 18.1 Å². The Kier molecular flexibility index (Phi) is 8.56. The van der Waals surface area contributed by atoms with Crippen molar-refractivity contribution in [3.8, 4) is 17.2 Å². The first-order valence-electron chi connectivity index (χ1n) is 13.6. The summed E-state index contributed by atoms with van der Waals surface area (Å²) < 4.78 is 22.0. The molecule has 0 radical (unpaired) electrons. The first-order valence-corrected chi connectivity index (χ1v) is 13.6. The fraction of sp³-hybridized carbons (Fsp3) is 0.212. The minimum atomic E-state index is -0.608. The molecule has 0 unspecified atom stereocenters. The van der Waals surface area contributed by atoms with Crippen molar-refractivity contribution in [1.29, 1.82) is 0 Å². The van der Waals surface area contributed by atoms with E-state index < -0.39 is 24.4 Å². The molecular weight excluding hydrogens is 550 g/mol. The average molecular weight is 582 g/mol. The number of hydrogen-bond acceptors (Lipinski definition) is 8. The maximum Gasteiger partial charge on any atom is 0.339 e. The molecule has 2 amide bonds. The van der Waals surface area contributed by atoms with Crippen LogP contribution in [0.2, 0.25) is 0 Å². The number of nitrogens with two attached hydrogens (primary N) is 1. The first kappa shape index (κ1) is 29.1. The van der Waals surface area contributed by atoms with Crippen molar-refractivity contribution in [1.82, 2.24) is 4.98 Å². The molecule has 10 nitrogen and oxygen atoms in total. The zero-order valence-electron chi connectivity index (χ0n) is 24.1. The Labute approximate surface area is 248 Å². The number of hydrogen-bond donors (Lipinski definition) is 2. The van der Waals surface area contributed by atoms with Gasteiger partial charge in [-0.15, -0.1) is 0 Å². The van der Waals surface area contributed by atoms with E-state index in [1.54, 1.807) is 33.5 Å². The molecule has 0 saturated heterocycles. The predicted molar refractivity (Wildman–Crippen MR) is 163 cm³/mol. The predicted octanol–water partition coefficient (Wildman–Crippen LogP) is 5.03. The Morgan fingerprint density at radius 2 is 1.63 bits per heavy atom. The van der Waals surface area contributed by atoms with Crippen molar-refractivity contribution >= 4 is 46.0 Å². The van der Waals surface area contributed by atoms with Gasteiger partial charge in [0.05, 0.1) is 38.1 Å². The van der Waals surface area contributed by atoms with E-state index >= 15 is 0 Å². The van der Waals surface area contributed by atoms with Crippen LogP contribution in [0.5, 0.6) is 17.2 Å². The molecule has 5 rings (SSSR count). The molecule has 0 fully saturated rings. The highest BCUT2D eigenvalue weighted by molar-refractivity contribution is 6.07. The molecule has 1 aliphatic rings.